The third kappa shape index (κ3) is 5.03. The molecule has 108 valence electrons. The van der Waals surface area contributed by atoms with Crippen LogP contribution >= 0.6 is 0 Å². The molecule has 5 heteroatoms. The number of hydrogen-bond acceptors (Lipinski definition) is 5. The van der Waals surface area contributed by atoms with Gasteiger partial charge >= 0.3 is 0 Å². The van der Waals surface area contributed by atoms with E-state index in [4.69, 9.17) is 5.73 Å². The molecule has 0 saturated carbocycles. The molecule has 0 bridgehead atoms. The predicted molar refractivity (Wildman–Crippen MR) is 81.4 cm³/mol. The highest BCUT2D eigenvalue weighted by atomic mass is 15.1. The first-order valence-corrected chi connectivity index (χ1v) is 6.96. The van der Waals surface area contributed by atoms with Crippen LogP contribution in [-0.2, 0) is 0 Å². The van der Waals surface area contributed by atoms with Crippen molar-refractivity contribution >= 4 is 11.6 Å². The average molecular weight is 265 g/mol. The molecule has 1 heterocycles. The molecule has 0 spiro atoms. The van der Waals surface area contributed by atoms with E-state index in [0.717, 1.165) is 30.9 Å². The smallest absolute Gasteiger partial charge is 0.134 e. The molecule has 0 fully saturated rings. The minimum Gasteiger partial charge on any atom is -0.383 e. The molecule has 0 saturated heterocycles. The molecule has 0 aliphatic carbocycles. The van der Waals surface area contributed by atoms with Gasteiger partial charge in [0.1, 0.15) is 17.5 Å². The Hall–Kier alpha value is -1.36. The van der Waals surface area contributed by atoms with Gasteiger partial charge in [-0.05, 0) is 54.1 Å². The lowest BCUT2D eigenvalue weighted by Crippen LogP contribution is -2.27. The minimum absolute atomic E-state index is 0.564. The van der Waals surface area contributed by atoms with Gasteiger partial charge in [0.15, 0.2) is 0 Å². The molecule has 0 amide bonds. The summed E-state index contributed by atoms with van der Waals surface area (Å²) >= 11 is 0. The fourth-order valence-electron chi connectivity index (χ4n) is 1.77. The molecule has 0 aliphatic heterocycles. The van der Waals surface area contributed by atoms with Crippen LogP contribution in [0.4, 0.5) is 11.6 Å². The van der Waals surface area contributed by atoms with E-state index in [1.54, 1.807) is 0 Å². The van der Waals surface area contributed by atoms with E-state index < -0.39 is 0 Å². The van der Waals surface area contributed by atoms with Crippen molar-refractivity contribution in [2.45, 2.75) is 46.6 Å². The van der Waals surface area contributed by atoms with Crippen LogP contribution in [0.2, 0.25) is 0 Å². The van der Waals surface area contributed by atoms with Crippen molar-refractivity contribution in [3.8, 4) is 0 Å². The number of aryl methyl sites for hydroxylation is 1. The van der Waals surface area contributed by atoms with Crippen molar-refractivity contribution in [3.05, 3.63) is 11.4 Å². The monoisotopic (exact) mass is 265 g/mol. The second-order valence-corrected chi connectivity index (χ2v) is 5.34. The Labute approximate surface area is 116 Å². The number of rotatable bonds is 7. The van der Waals surface area contributed by atoms with Gasteiger partial charge in [-0.2, -0.15) is 0 Å². The fourth-order valence-corrected chi connectivity index (χ4v) is 1.77. The topological polar surface area (TPSA) is 67.1 Å². The normalized spacial score (nSPS) is 11.3. The first-order chi connectivity index (χ1) is 8.91. The largest absolute Gasteiger partial charge is 0.383 e. The molecule has 5 nitrogen and oxygen atoms in total. The summed E-state index contributed by atoms with van der Waals surface area (Å²) in [4.78, 5) is 10.9. The second kappa shape index (κ2) is 7.28. The number of anilines is 2. The highest BCUT2D eigenvalue weighted by Gasteiger charge is 2.06. The van der Waals surface area contributed by atoms with Crippen molar-refractivity contribution in [1.29, 1.82) is 0 Å². The Balaban J connectivity index is 2.34. The van der Waals surface area contributed by atoms with Crippen LogP contribution in [0.25, 0.3) is 0 Å². The van der Waals surface area contributed by atoms with Crippen molar-refractivity contribution < 1.29 is 0 Å². The Bertz CT molecular complexity index is 403. The molecule has 1 aromatic heterocycles. The maximum Gasteiger partial charge on any atom is 0.134 e. The van der Waals surface area contributed by atoms with Gasteiger partial charge in [-0.3, -0.25) is 0 Å². The fraction of sp³-hybridized carbons (Fsp3) is 0.714. The zero-order valence-electron chi connectivity index (χ0n) is 12.8. The van der Waals surface area contributed by atoms with Gasteiger partial charge in [-0.25, -0.2) is 9.97 Å². The van der Waals surface area contributed by atoms with Gasteiger partial charge in [-0.15, -0.1) is 0 Å². The summed E-state index contributed by atoms with van der Waals surface area (Å²) in [7, 11) is 2.16. The van der Waals surface area contributed by atoms with Crippen molar-refractivity contribution in [2.75, 3.05) is 31.2 Å². The number of unbranched alkanes of at least 4 members (excludes halogenated alkanes) is 1. The summed E-state index contributed by atoms with van der Waals surface area (Å²) in [6.45, 7) is 10.3. The van der Waals surface area contributed by atoms with Crippen molar-refractivity contribution in [3.63, 3.8) is 0 Å². The van der Waals surface area contributed by atoms with E-state index in [1.165, 1.54) is 6.42 Å². The molecule has 1 rings (SSSR count). The highest BCUT2D eigenvalue weighted by molar-refractivity contribution is 5.54. The Morgan fingerprint density at radius 1 is 1.21 bits per heavy atom. The molecular weight excluding hydrogens is 238 g/mol. The summed E-state index contributed by atoms with van der Waals surface area (Å²) < 4.78 is 0. The Morgan fingerprint density at radius 3 is 2.53 bits per heavy atom. The zero-order chi connectivity index (χ0) is 14.4. The van der Waals surface area contributed by atoms with Crippen LogP contribution in [-0.4, -0.2) is 41.0 Å². The quantitative estimate of drug-likeness (QED) is 0.740. The molecule has 3 N–H and O–H groups in total. The number of nitrogen functional groups attached to an aromatic ring is 1. The number of nitrogens with zero attached hydrogens (tertiary/aromatic N) is 3. The molecular formula is C14H27N5. The average Bonchev–Trinajstić information content (AvgIpc) is 2.34. The minimum atomic E-state index is 0.564. The Morgan fingerprint density at radius 2 is 1.89 bits per heavy atom. The molecule has 19 heavy (non-hydrogen) atoms. The Kier molecular flexibility index (Phi) is 6.02. The maximum atomic E-state index is 5.83. The van der Waals surface area contributed by atoms with Gasteiger partial charge in [0.2, 0.25) is 0 Å². The van der Waals surface area contributed by atoms with Gasteiger partial charge in [0.25, 0.3) is 0 Å². The molecule has 0 radical (unpaired) electrons. The summed E-state index contributed by atoms with van der Waals surface area (Å²) in [6.07, 6.45) is 2.31. The third-order valence-corrected chi connectivity index (χ3v) is 3.41. The van der Waals surface area contributed by atoms with Crippen LogP contribution < -0.4 is 11.1 Å². The van der Waals surface area contributed by atoms with Crippen LogP contribution in [0.5, 0.6) is 0 Å². The predicted octanol–water partition coefficient (Wildman–Crippen LogP) is 2.21. The number of hydrogen-bond donors (Lipinski definition) is 2. The lowest BCUT2D eigenvalue weighted by atomic mass is 10.2. The first-order valence-electron chi connectivity index (χ1n) is 6.96. The zero-order valence-corrected chi connectivity index (χ0v) is 12.8. The molecule has 0 atom stereocenters. The number of aromatic nitrogens is 2. The number of nitrogens with one attached hydrogen (secondary N) is 1. The van der Waals surface area contributed by atoms with Gasteiger partial charge in [0, 0.05) is 18.2 Å². The molecule has 1 aromatic rings. The third-order valence-electron chi connectivity index (χ3n) is 3.41. The maximum absolute atomic E-state index is 5.83. The van der Waals surface area contributed by atoms with E-state index in [2.05, 4.69) is 41.1 Å². The van der Waals surface area contributed by atoms with Crippen LogP contribution in [0.1, 0.15) is 38.1 Å². The van der Waals surface area contributed by atoms with Crippen molar-refractivity contribution in [1.82, 2.24) is 14.9 Å². The van der Waals surface area contributed by atoms with Crippen LogP contribution in [0.3, 0.4) is 0 Å². The summed E-state index contributed by atoms with van der Waals surface area (Å²) in [6, 6.07) is 0.611. The highest BCUT2D eigenvalue weighted by Crippen LogP contribution is 2.16. The van der Waals surface area contributed by atoms with Crippen LogP contribution in [0, 0.1) is 13.8 Å². The lowest BCUT2D eigenvalue weighted by molar-refractivity contribution is 0.269. The van der Waals surface area contributed by atoms with E-state index in [1.807, 2.05) is 13.8 Å². The molecule has 0 unspecified atom stereocenters. The van der Waals surface area contributed by atoms with E-state index in [9.17, 15) is 0 Å². The van der Waals surface area contributed by atoms with Gasteiger partial charge in [-0.1, -0.05) is 0 Å². The van der Waals surface area contributed by atoms with E-state index >= 15 is 0 Å². The van der Waals surface area contributed by atoms with E-state index in [0.29, 0.717) is 17.7 Å². The molecule has 0 aromatic carbocycles. The lowest BCUT2D eigenvalue weighted by Gasteiger charge is -2.20. The van der Waals surface area contributed by atoms with E-state index in [-0.39, 0.29) is 0 Å². The summed E-state index contributed by atoms with van der Waals surface area (Å²) in [5, 5.41) is 3.35. The number of nitrogens with two attached hydrogens (primary N) is 1. The second-order valence-electron chi connectivity index (χ2n) is 5.34. The molecule has 0 aliphatic rings. The summed E-state index contributed by atoms with van der Waals surface area (Å²) in [5.41, 5.74) is 6.76. The summed E-state index contributed by atoms with van der Waals surface area (Å²) in [5.74, 6) is 2.14. The SMILES string of the molecule is Cc1nc(N)c(C)c(NCCCCN(C)C(C)C)n1. The van der Waals surface area contributed by atoms with Crippen LogP contribution in [0.15, 0.2) is 0 Å². The standard InChI is InChI=1S/C14H27N5/c1-10(2)19(5)9-7-6-8-16-14-11(3)13(15)17-12(4)18-14/h10H,6-9H2,1-5H3,(H3,15,16,17,18). The van der Waals surface area contributed by atoms with Gasteiger partial charge < -0.3 is 16.0 Å². The van der Waals surface area contributed by atoms with Gasteiger partial charge in [0.05, 0.1) is 0 Å². The van der Waals surface area contributed by atoms with Crippen molar-refractivity contribution in [2.24, 2.45) is 0 Å². The first kappa shape index (κ1) is 15.7.